The van der Waals surface area contributed by atoms with E-state index in [9.17, 15) is 5.11 Å². The number of rotatable bonds is 9. The minimum absolute atomic E-state index is 0.227. The van der Waals surface area contributed by atoms with Crippen LogP contribution in [0, 0.1) is 6.92 Å². The molecule has 0 saturated heterocycles. The van der Waals surface area contributed by atoms with Gasteiger partial charge in [0.25, 0.3) is 0 Å². The van der Waals surface area contributed by atoms with Crippen LogP contribution in [0.5, 0.6) is 5.75 Å². The zero-order chi connectivity index (χ0) is 18.8. The van der Waals surface area contributed by atoms with E-state index >= 15 is 0 Å². The molecule has 1 atom stereocenters. The summed E-state index contributed by atoms with van der Waals surface area (Å²) in [6, 6.07) is 12.0. The summed E-state index contributed by atoms with van der Waals surface area (Å²) in [5.41, 5.74) is 1.14. The molecule has 0 aliphatic rings. The summed E-state index contributed by atoms with van der Waals surface area (Å²) in [7, 11) is 2.02. The monoisotopic (exact) mass is 375 g/mol. The fraction of sp³-hybridized carbons (Fsp3) is 0.450. The highest BCUT2D eigenvalue weighted by atomic mass is 32.1. The summed E-state index contributed by atoms with van der Waals surface area (Å²) in [5, 5.41) is 15.6. The highest BCUT2D eigenvalue weighted by molar-refractivity contribution is 7.09. The first-order chi connectivity index (χ1) is 12.6. The van der Waals surface area contributed by atoms with Gasteiger partial charge < -0.3 is 20.1 Å². The van der Waals surface area contributed by atoms with Gasteiger partial charge in [-0.2, -0.15) is 0 Å². The molecular weight excluding hydrogens is 346 g/mol. The van der Waals surface area contributed by atoms with E-state index in [0.717, 1.165) is 36.8 Å². The van der Waals surface area contributed by atoms with Crippen LogP contribution < -0.4 is 10.1 Å². The van der Waals surface area contributed by atoms with E-state index in [1.807, 2.05) is 45.2 Å². The molecule has 2 rings (SSSR count). The average Bonchev–Trinajstić information content (AvgIpc) is 3.15. The van der Waals surface area contributed by atoms with Gasteiger partial charge in [0, 0.05) is 25.0 Å². The van der Waals surface area contributed by atoms with Gasteiger partial charge >= 0.3 is 0 Å². The molecule has 1 heterocycles. The Morgan fingerprint density at radius 2 is 2.19 bits per heavy atom. The van der Waals surface area contributed by atoms with Crippen LogP contribution in [-0.2, 0) is 6.42 Å². The zero-order valence-electron chi connectivity index (χ0n) is 15.8. The van der Waals surface area contributed by atoms with Crippen LogP contribution in [0.1, 0.15) is 17.4 Å². The number of likely N-dealkylation sites (N-methyl/N-ethyl adjacent to an activating group) is 1. The Morgan fingerprint density at radius 3 is 2.88 bits per heavy atom. The quantitative estimate of drug-likeness (QED) is 0.523. The highest BCUT2D eigenvalue weighted by Crippen LogP contribution is 2.12. The van der Waals surface area contributed by atoms with Crippen molar-refractivity contribution in [1.82, 2.24) is 10.2 Å². The molecule has 0 aliphatic carbocycles. The van der Waals surface area contributed by atoms with Crippen LogP contribution in [0.4, 0.5) is 0 Å². The van der Waals surface area contributed by atoms with Crippen LogP contribution in [0.25, 0.3) is 0 Å². The first kappa shape index (κ1) is 20.3. The number of hydrogen-bond acceptors (Lipinski definition) is 4. The van der Waals surface area contributed by atoms with E-state index in [1.165, 1.54) is 4.88 Å². The molecule has 5 nitrogen and oxygen atoms in total. The van der Waals surface area contributed by atoms with E-state index in [4.69, 9.17) is 4.74 Å². The third kappa shape index (κ3) is 7.06. The van der Waals surface area contributed by atoms with Gasteiger partial charge in [0.1, 0.15) is 18.5 Å². The van der Waals surface area contributed by atoms with Gasteiger partial charge in [-0.1, -0.05) is 18.2 Å². The Balaban J connectivity index is 1.82. The predicted molar refractivity (Wildman–Crippen MR) is 109 cm³/mol. The summed E-state index contributed by atoms with van der Waals surface area (Å²) in [5.74, 6) is 1.58. The molecule has 0 spiro atoms. The molecule has 0 bridgehead atoms. The van der Waals surface area contributed by atoms with Crippen LogP contribution in [0.2, 0.25) is 0 Å². The maximum atomic E-state index is 10.2. The fourth-order valence-corrected chi connectivity index (χ4v) is 3.15. The number of aliphatic imine (C=N–C) groups is 1. The van der Waals surface area contributed by atoms with Crippen molar-refractivity contribution in [3.63, 3.8) is 0 Å². The highest BCUT2D eigenvalue weighted by Gasteiger charge is 2.09. The Labute approximate surface area is 160 Å². The van der Waals surface area contributed by atoms with Gasteiger partial charge in [0.15, 0.2) is 5.96 Å². The summed E-state index contributed by atoms with van der Waals surface area (Å²) >= 11 is 1.77. The van der Waals surface area contributed by atoms with Gasteiger partial charge in [-0.3, -0.25) is 4.99 Å². The van der Waals surface area contributed by atoms with Crippen molar-refractivity contribution in [2.24, 2.45) is 4.99 Å². The van der Waals surface area contributed by atoms with Gasteiger partial charge in [-0.05, 0) is 49.4 Å². The van der Waals surface area contributed by atoms with Gasteiger partial charge in [-0.25, -0.2) is 0 Å². The first-order valence-corrected chi connectivity index (χ1v) is 9.85. The number of aliphatic hydroxyl groups excluding tert-OH is 1. The molecule has 0 fully saturated rings. The molecule has 0 radical (unpaired) electrons. The van der Waals surface area contributed by atoms with E-state index in [-0.39, 0.29) is 6.61 Å². The smallest absolute Gasteiger partial charge is 0.193 e. The number of aliphatic hydroxyl groups is 1. The van der Waals surface area contributed by atoms with Crippen molar-refractivity contribution in [2.75, 3.05) is 33.3 Å². The van der Waals surface area contributed by atoms with Crippen molar-refractivity contribution in [2.45, 2.75) is 26.4 Å². The number of thiophene rings is 1. The summed E-state index contributed by atoms with van der Waals surface area (Å²) in [6.45, 7) is 6.26. The molecule has 0 saturated carbocycles. The molecule has 6 heteroatoms. The first-order valence-electron chi connectivity index (χ1n) is 8.98. The maximum absolute atomic E-state index is 10.2. The number of nitrogens with one attached hydrogen (secondary N) is 1. The van der Waals surface area contributed by atoms with Gasteiger partial charge in [0.05, 0.1) is 6.54 Å². The Kier molecular flexibility index (Phi) is 8.44. The molecule has 2 aromatic rings. The fourth-order valence-electron chi connectivity index (χ4n) is 2.45. The van der Waals surface area contributed by atoms with Crippen LogP contribution >= 0.6 is 11.3 Å². The maximum Gasteiger partial charge on any atom is 0.193 e. The number of ether oxygens (including phenoxy) is 1. The molecule has 2 N–H and O–H groups in total. The number of nitrogens with zero attached hydrogens (tertiary/aromatic N) is 2. The van der Waals surface area contributed by atoms with Crippen molar-refractivity contribution >= 4 is 17.3 Å². The van der Waals surface area contributed by atoms with Gasteiger partial charge in [0.2, 0.25) is 0 Å². The molecule has 142 valence electrons. The number of benzene rings is 1. The van der Waals surface area contributed by atoms with Crippen LogP contribution in [0.3, 0.4) is 0 Å². The van der Waals surface area contributed by atoms with Crippen LogP contribution in [0.15, 0.2) is 46.8 Å². The Hall–Kier alpha value is -2.05. The topological polar surface area (TPSA) is 57.1 Å². The van der Waals surface area contributed by atoms with E-state index in [2.05, 4.69) is 32.7 Å². The molecule has 1 unspecified atom stereocenters. The largest absolute Gasteiger partial charge is 0.491 e. The lowest BCUT2D eigenvalue weighted by Crippen LogP contribution is -2.40. The molecular formula is C20H29N3O2S. The third-order valence-corrected chi connectivity index (χ3v) is 4.79. The zero-order valence-corrected chi connectivity index (χ0v) is 16.6. The second kappa shape index (κ2) is 10.8. The number of hydrogen-bond donors (Lipinski definition) is 2. The van der Waals surface area contributed by atoms with Crippen molar-refractivity contribution in [3.05, 3.63) is 52.2 Å². The lowest BCUT2D eigenvalue weighted by molar-refractivity contribution is 0.114. The Morgan fingerprint density at radius 1 is 1.35 bits per heavy atom. The minimum atomic E-state index is -0.644. The molecule has 0 aliphatic heterocycles. The lowest BCUT2D eigenvalue weighted by atomic mass is 10.2. The SMILES string of the molecule is CCNC(=NCC(O)COc1cccc(C)c1)N(C)CCc1cccs1. The summed E-state index contributed by atoms with van der Waals surface area (Å²) < 4.78 is 5.65. The van der Waals surface area contributed by atoms with E-state index < -0.39 is 6.10 Å². The molecule has 26 heavy (non-hydrogen) atoms. The average molecular weight is 376 g/mol. The molecule has 0 amide bonds. The molecule has 1 aromatic heterocycles. The van der Waals surface area contributed by atoms with Crippen molar-refractivity contribution < 1.29 is 9.84 Å². The van der Waals surface area contributed by atoms with Gasteiger partial charge in [-0.15, -0.1) is 11.3 Å². The van der Waals surface area contributed by atoms with Crippen molar-refractivity contribution in [3.8, 4) is 5.75 Å². The van der Waals surface area contributed by atoms with E-state index in [1.54, 1.807) is 11.3 Å². The predicted octanol–water partition coefficient (Wildman–Crippen LogP) is 2.94. The second-order valence-corrected chi connectivity index (χ2v) is 7.26. The van der Waals surface area contributed by atoms with Crippen molar-refractivity contribution in [1.29, 1.82) is 0 Å². The summed E-state index contributed by atoms with van der Waals surface area (Å²) in [6.07, 6.45) is 0.340. The molecule has 1 aromatic carbocycles. The van der Waals surface area contributed by atoms with Crippen LogP contribution in [-0.4, -0.2) is 55.4 Å². The number of aryl methyl sites for hydroxylation is 1. The Bertz CT molecular complexity index is 673. The second-order valence-electron chi connectivity index (χ2n) is 6.23. The standard InChI is InChI=1S/C20H29N3O2S/c1-4-21-20(23(3)11-10-19-9-6-12-26-19)22-14-17(24)15-25-18-8-5-7-16(2)13-18/h5-9,12-13,17,24H,4,10-11,14-15H2,1-3H3,(H,21,22). The third-order valence-electron chi connectivity index (χ3n) is 3.85. The normalized spacial score (nSPS) is 12.7. The number of guanidine groups is 1. The minimum Gasteiger partial charge on any atom is -0.491 e. The lowest BCUT2D eigenvalue weighted by Gasteiger charge is -2.22. The summed E-state index contributed by atoms with van der Waals surface area (Å²) in [4.78, 5) is 8.00. The van der Waals surface area contributed by atoms with E-state index in [0.29, 0.717) is 6.54 Å².